The third-order valence-corrected chi connectivity index (χ3v) is 5.35. The first-order valence-electron chi connectivity index (χ1n) is 4.64. The molecule has 1 rings (SSSR count). The molecule has 1 aromatic heterocycles. The molecular weight excluding hydrogens is 390 g/mol. The van der Waals surface area contributed by atoms with Gasteiger partial charge in [0.05, 0.1) is 3.79 Å². The standard InChI is InChI=1S/C9H9Br2F4NS/c1-2-16-6(9(14,15)8(12)13)5-3-4(10)7(11)17-5/h3,6,8,16H,2H2,1H3. The number of hydrogen-bond acceptors (Lipinski definition) is 2. The Morgan fingerprint density at radius 3 is 2.35 bits per heavy atom. The molecule has 1 heterocycles. The van der Waals surface area contributed by atoms with Gasteiger partial charge in [0.25, 0.3) is 0 Å². The van der Waals surface area contributed by atoms with E-state index >= 15 is 0 Å². The van der Waals surface area contributed by atoms with Crippen molar-refractivity contribution in [2.75, 3.05) is 6.54 Å². The van der Waals surface area contributed by atoms with Gasteiger partial charge < -0.3 is 5.32 Å². The van der Waals surface area contributed by atoms with Crippen molar-refractivity contribution in [2.24, 2.45) is 0 Å². The van der Waals surface area contributed by atoms with Crippen LogP contribution in [0.2, 0.25) is 0 Å². The summed E-state index contributed by atoms with van der Waals surface area (Å²) in [5, 5.41) is 2.40. The topological polar surface area (TPSA) is 12.0 Å². The zero-order valence-electron chi connectivity index (χ0n) is 8.62. The second-order valence-corrected chi connectivity index (χ2v) is 6.49. The first kappa shape index (κ1) is 15.4. The molecule has 1 atom stereocenters. The van der Waals surface area contributed by atoms with Crippen LogP contribution in [0.4, 0.5) is 17.6 Å². The second-order valence-electron chi connectivity index (χ2n) is 3.24. The van der Waals surface area contributed by atoms with E-state index in [2.05, 4.69) is 37.2 Å². The van der Waals surface area contributed by atoms with E-state index in [0.717, 1.165) is 11.3 Å². The van der Waals surface area contributed by atoms with E-state index in [-0.39, 0.29) is 11.4 Å². The van der Waals surface area contributed by atoms with Crippen LogP contribution in [0.25, 0.3) is 0 Å². The predicted molar refractivity (Wildman–Crippen MR) is 67.1 cm³/mol. The van der Waals surface area contributed by atoms with Crippen LogP contribution in [0, 0.1) is 0 Å². The van der Waals surface area contributed by atoms with Crippen molar-refractivity contribution in [1.29, 1.82) is 0 Å². The van der Waals surface area contributed by atoms with Gasteiger partial charge in [0, 0.05) is 9.35 Å². The highest BCUT2D eigenvalue weighted by Crippen LogP contribution is 2.43. The first-order chi connectivity index (χ1) is 7.80. The third-order valence-electron chi connectivity index (χ3n) is 2.03. The van der Waals surface area contributed by atoms with Crippen molar-refractivity contribution < 1.29 is 17.6 Å². The summed E-state index contributed by atoms with van der Waals surface area (Å²) in [6.07, 6.45) is -3.70. The monoisotopic (exact) mass is 397 g/mol. The SMILES string of the molecule is CCNC(c1cc(Br)c(Br)s1)C(F)(F)C(F)F. The molecule has 0 fully saturated rings. The van der Waals surface area contributed by atoms with Crippen LogP contribution < -0.4 is 5.32 Å². The summed E-state index contributed by atoms with van der Waals surface area (Å²) >= 11 is 7.29. The fourth-order valence-electron chi connectivity index (χ4n) is 1.26. The molecule has 17 heavy (non-hydrogen) atoms. The second kappa shape index (κ2) is 5.99. The Labute approximate surface area is 117 Å². The molecule has 1 N–H and O–H groups in total. The van der Waals surface area contributed by atoms with Crippen LogP contribution in [-0.4, -0.2) is 18.9 Å². The molecule has 1 unspecified atom stereocenters. The molecule has 98 valence electrons. The molecule has 0 radical (unpaired) electrons. The van der Waals surface area contributed by atoms with E-state index in [1.165, 1.54) is 6.07 Å². The fourth-order valence-corrected chi connectivity index (χ4v) is 3.48. The number of alkyl halides is 4. The van der Waals surface area contributed by atoms with E-state index in [0.29, 0.717) is 8.26 Å². The Morgan fingerprint density at radius 2 is 2.00 bits per heavy atom. The number of nitrogens with one attached hydrogen (secondary N) is 1. The smallest absolute Gasteiger partial charge is 0.304 e. The van der Waals surface area contributed by atoms with E-state index in [4.69, 9.17) is 0 Å². The largest absolute Gasteiger partial charge is 0.327 e. The van der Waals surface area contributed by atoms with Crippen molar-refractivity contribution in [3.63, 3.8) is 0 Å². The molecule has 0 bridgehead atoms. The highest BCUT2D eigenvalue weighted by molar-refractivity contribution is 9.13. The summed E-state index contributed by atoms with van der Waals surface area (Å²) in [6, 6.07) is -0.265. The lowest BCUT2D eigenvalue weighted by Gasteiger charge is -2.25. The molecule has 8 heteroatoms. The van der Waals surface area contributed by atoms with Gasteiger partial charge in [0.1, 0.15) is 6.04 Å². The van der Waals surface area contributed by atoms with E-state index < -0.39 is 18.4 Å². The molecule has 0 aromatic carbocycles. The summed E-state index contributed by atoms with van der Waals surface area (Å²) in [4.78, 5) is 0.163. The zero-order valence-corrected chi connectivity index (χ0v) is 12.6. The van der Waals surface area contributed by atoms with Crippen molar-refractivity contribution in [2.45, 2.75) is 25.3 Å². The maximum absolute atomic E-state index is 13.4. The van der Waals surface area contributed by atoms with Gasteiger partial charge in [-0.1, -0.05) is 6.92 Å². The van der Waals surface area contributed by atoms with Gasteiger partial charge in [-0.15, -0.1) is 11.3 Å². The minimum Gasteiger partial charge on any atom is -0.304 e. The fraction of sp³-hybridized carbons (Fsp3) is 0.556. The van der Waals surface area contributed by atoms with Crippen molar-refractivity contribution >= 4 is 43.2 Å². The summed E-state index contributed by atoms with van der Waals surface area (Å²) in [5.74, 6) is -4.10. The zero-order chi connectivity index (χ0) is 13.2. The summed E-state index contributed by atoms with van der Waals surface area (Å²) < 4.78 is 52.7. The van der Waals surface area contributed by atoms with Crippen LogP contribution in [-0.2, 0) is 0 Å². The highest BCUT2D eigenvalue weighted by Gasteiger charge is 2.49. The van der Waals surface area contributed by atoms with E-state index in [1.807, 2.05) is 0 Å². The van der Waals surface area contributed by atoms with Crippen LogP contribution in [0.15, 0.2) is 14.3 Å². The average molecular weight is 399 g/mol. The van der Waals surface area contributed by atoms with Gasteiger partial charge in [-0.2, -0.15) is 8.78 Å². The van der Waals surface area contributed by atoms with Gasteiger partial charge in [-0.3, -0.25) is 0 Å². The normalized spacial score (nSPS) is 14.4. The van der Waals surface area contributed by atoms with Gasteiger partial charge in [0.2, 0.25) is 0 Å². The Bertz CT molecular complexity index is 364. The van der Waals surface area contributed by atoms with E-state index in [1.54, 1.807) is 6.92 Å². The third kappa shape index (κ3) is 3.42. The van der Waals surface area contributed by atoms with Crippen molar-refractivity contribution in [3.8, 4) is 0 Å². The molecule has 0 aliphatic rings. The minimum atomic E-state index is -4.10. The lowest BCUT2D eigenvalue weighted by molar-refractivity contribution is -0.150. The van der Waals surface area contributed by atoms with Crippen LogP contribution in [0.3, 0.4) is 0 Å². The maximum atomic E-state index is 13.4. The Hall–Kier alpha value is 0.340. The quantitative estimate of drug-likeness (QED) is 0.701. The lowest BCUT2D eigenvalue weighted by atomic mass is 10.1. The minimum absolute atomic E-state index is 0.163. The van der Waals surface area contributed by atoms with Crippen LogP contribution in [0.5, 0.6) is 0 Å². The summed E-state index contributed by atoms with van der Waals surface area (Å²) in [7, 11) is 0. The molecule has 0 saturated carbocycles. The Balaban J connectivity index is 3.08. The van der Waals surface area contributed by atoms with Gasteiger partial charge >= 0.3 is 12.3 Å². The first-order valence-corrected chi connectivity index (χ1v) is 7.05. The Kier molecular flexibility index (Phi) is 5.42. The van der Waals surface area contributed by atoms with Crippen LogP contribution in [0.1, 0.15) is 17.8 Å². The lowest BCUT2D eigenvalue weighted by Crippen LogP contribution is -2.42. The number of thiophene rings is 1. The summed E-state index contributed by atoms with van der Waals surface area (Å²) in [6.45, 7) is 1.77. The Morgan fingerprint density at radius 1 is 1.41 bits per heavy atom. The number of halogens is 6. The van der Waals surface area contributed by atoms with Gasteiger partial charge in [-0.05, 0) is 44.5 Å². The van der Waals surface area contributed by atoms with Crippen molar-refractivity contribution in [1.82, 2.24) is 5.32 Å². The molecule has 1 nitrogen and oxygen atoms in total. The van der Waals surface area contributed by atoms with Crippen molar-refractivity contribution in [3.05, 3.63) is 19.2 Å². The highest BCUT2D eigenvalue weighted by atomic mass is 79.9. The molecule has 0 amide bonds. The number of hydrogen-bond donors (Lipinski definition) is 1. The van der Waals surface area contributed by atoms with Gasteiger partial charge in [0.15, 0.2) is 0 Å². The molecule has 0 aliphatic carbocycles. The predicted octanol–water partition coefficient (Wildman–Crippen LogP) is 4.82. The number of rotatable bonds is 5. The summed E-state index contributed by atoms with van der Waals surface area (Å²) in [5.41, 5.74) is 0. The molecule has 1 aromatic rings. The van der Waals surface area contributed by atoms with Gasteiger partial charge in [-0.25, -0.2) is 8.78 Å². The average Bonchev–Trinajstić information content (AvgIpc) is 2.54. The van der Waals surface area contributed by atoms with E-state index in [9.17, 15) is 17.6 Å². The molecule has 0 spiro atoms. The molecule has 0 saturated heterocycles. The maximum Gasteiger partial charge on any atom is 0.327 e. The van der Waals surface area contributed by atoms with Crippen LogP contribution >= 0.6 is 43.2 Å². The molecular formula is C9H9Br2F4NS. The molecule has 0 aliphatic heterocycles.